The lowest BCUT2D eigenvalue weighted by molar-refractivity contribution is -0.118. The number of carbonyl (C=O) groups is 1. The van der Waals surface area contributed by atoms with Crippen LogP contribution in [0.4, 0.5) is 0 Å². The van der Waals surface area contributed by atoms with Crippen molar-refractivity contribution in [1.29, 1.82) is 0 Å². The lowest BCUT2D eigenvalue weighted by Crippen LogP contribution is -2.08. The summed E-state index contributed by atoms with van der Waals surface area (Å²) < 4.78 is 1.13. The Balaban J connectivity index is 0.000000226. The van der Waals surface area contributed by atoms with Gasteiger partial charge >= 0.3 is 0 Å². The molecule has 2 N–H and O–H groups in total. The molecule has 3 heteroatoms. The van der Waals surface area contributed by atoms with Crippen molar-refractivity contribution in [1.82, 2.24) is 0 Å². The van der Waals surface area contributed by atoms with Gasteiger partial charge in [0.1, 0.15) is 0 Å². The highest BCUT2D eigenvalue weighted by atomic mass is 79.9. The van der Waals surface area contributed by atoms with Crippen LogP contribution in [0.5, 0.6) is 0 Å². The Hall–Kier alpha value is -0.830. The minimum Gasteiger partial charge on any atom is -0.370 e. The number of benzene rings is 1. The predicted octanol–water partition coefficient (Wildman–Crippen LogP) is 2.72. The van der Waals surface area contributed by atoms with Gasteiger partial charge in [0.15, 0.2) is 0 Å². The highest BCUT2D eigenvalue weighted by Gasteiger charge is 1.84. The summed E-state index contributed by atoms with van der Waals surface area (Å²) in [7, 11) is 0. The number of amides is 1. The Labute approximate surface area is 87.3 Å². The zero-order chi connectivity index (χ0) is 10.1. The minimum absolute atomic E-state index is 0.211. The van der Waals surface area contributed by atoms with E-state index < -0.39 is 0 Å². The standard InChI is InChI=1S/C6H5Br.C4H9NO/c7-6-4-2-1-3-5-6;1-2-3-4(5)6/h1-5H;2-3H2,1H3,(H2,5,6). The predicted molar refractivity (Wildman–Crippen MR) is 58.2 cm³/mol. The third kappa shape index (κ3) is 9.08. The first-order chi connectivity index (χ1) is 6.16. The Morgan fingerprint density at radius 3 is 2.08 bits per heavy atom. The molecule has 0 radical (unpaired) electrons. The van der Waals surface area contributed by atoms with Gasteiger partial charge in [-0.05, 0) is 18.6 Å². The van der Waals surface area contributed by atoms with E-state index in [1.54, 1.807) is 0 Å². The SMILES string of the molecule is Brc1ccccc1.CCCC(N)=O. The maximum absolute atomic E-state index is 9.82. The number of rotatable bonds is 2. The topological polar surface area (TPSA) is 43.1 Å². The van der Waals surface area contributed by atoms with E-state index in [0.717, 1.165) is 10.9 Å². The third-order valence-corrected chi connectivity index (χ3v) is 1.76. The van der Waals surface area contributed by atoms with E-state index in [2.05, 4.69) is 15.9 Å². The van der Waals surface area contributed by atoms with E-state index in [9.17, 15) is 4.79 Å². The van der Waals surface area contributed by atoms with Crippen LogP contribution in [0.15, 0.2) is 34.8 Å². The summed E-state index contributed by atoms with van der Waals surface area (Å²) in [6.45, 7) is 1.92. The maximum atomic E-state index is 9.82. The zero-order valence-electron chi connectivity index (χ0n) is 7.66. The number of primary amides is 1. The first kappa shape index (κ1) is 12.2. The molecule has 0 aromatic heterocycles. The maximum Gasteiger partial charge on any atom is 0.217 e. The molecule has 0 aliphatic rings. The fourth-order valence-electron chi connectivity index (χ4n) is 0.661. The highest BCUT2D eigenvalue weighted by molar-refractivity contribution is 9.10. The second-order valence-corrected chi connectivity index (χ2v) is 3.43. The van der Waals surface area contributed by atoms with Gasteiger partial charge in [-0.25, -0.2) is 0 Å². The van der Waals surface area contributed by atoms with Crippen molar-refractivity contribution in [3.63, 3.8) is 0 Å². The van der Waals surface area contributed by atoms with Crippen LogP contribution in [0.2, 0.25) is 0 Å². The third-order valence-electron chi connectivity index (χ3n) is 1.23. The quantitative estimate of drug-likeness (QED) is 0.853. The normalized spacial score (nSPS) is 8.46. The number of hydrogen-bond donors (Lipinski definition) is 1. The van der Waals surface area contributed by atoms with Gasteiger partial charge in [-0.3, -0.25) is 4.79 Å². The number of carbonyl (C=O) groups excluding carboxylic acids is 1. The van der Waals surface area contributed by atoms with Gasteiger partial charge in [0, 0.05) is 10.9 Å². The van der Waals surface area contributed by atoms with E-state index in [0.29, 0.717) is 6.42 Å². The summed E-state index contributed by atoms with van der Waals surface area (Å²) >= 11 is 3.31. The van der Waals surface area contributed by atoms with Crippen LogP contribution in [0.3, 0.4) is 0 Å². The van der Waals surface area contributed by atoms with Crippen molar-refractivity contribution < 1.29 is 4.79 Å². The molecule has 13 heavy (non-hydrogen) atoms. The summed E-state index contributed by atoms with van der Waals surface area (Å²) in [5, 5.41) is 0. The lowest BCUT2D eigenvalue weighted by Gasteiger charge is -1.81. The second-order valence-electron chi connectivity index (χ2n) is 2.51. The van der Waals surface area contributed by atoms with E-state index >= 15 is 0 Å². The molecule has 0 saturated carbocycles. The molecule has 0 unspecified atom stereocenters. The average Bonchev–Trinajstić information content (AvgIpc) is 2.06. The average molecular weight is 244 g/mol. The van der Waals surface area contributed by atoms with Crippen molar-refractivity contribution >= 4 is 21.8 Å². The van der Waals surface area contributed by atoms with Gasteiger partial charge in [-0.15, -0.1) is 0 Å². The first-order valence-corrected chi connectivity index (χ1v) is 4.95. The number of hydrogen-bond acceptors (Lipinski definition) is 1. The summed E-state index contributed by atoms with van der Waals surface area (Å²) in [4.78, 5) is 9.82. The Bertz CT molecular complexity index is 236. The van der Waals surface area contributed by atoms with Gasteiger partial charge in [0.25, 0.3) is 0 Å². The van der Waals surface area contributed by atoms with Gasteiger partial charge in [-0.1, -0.05) is 41.1 Å². The van der Waals surface area contributed by atoms with Crippen LogP contribution in [0.1, 0.15) is 19.8 Å². The van der Waals surface area contributed by atoms with Crippen LogP contribution < -0.4 is 5.73 Å². The van der Waals surface area contributed by atoms with Gasteiger partial charge in [-0.2, -0.15) is 0 Å². The van der Waals surface area contributed by atoms with E-state index in [-0.39, 0.29) is 5.91 Å². The highest BCUT2D eigenvalue weighted by Crippen LogP contribution is 2.05. The number of halogens is 1. The minimum atomic E-state index is -0.211. The van der Waals surface area contributed by atoms with Gasteiger partial charge in [0.05, 0.1) is 0 Å². The van der Waals surface area contributed by atoms with Crippen LogP contribution in [-0.4, -0.2) is 5.91 Å². The zero-order valence-corrected chi connectivity index (χ0v) is 9.25. The first-order valence-electron chi connectivity index (χ1n) is 4.15. The molecule has 72 valence electrons. The summed E-state index contributed by atoms with van der Waals surface area (Å²) in [6.07, 6.45) is 1.37. The molecule has 1 aromatic carbocycles. The van der Waals surface area contributed by atoms with Crippen LogP contribution >= 0.6 is 15.9 Å². The fourth-order valence-corrected chi connectivity index (χ4v) is 0.966. The van der Waals surface area contributed by atoms with Gasteiger partial charge < -0.3 is 5.73 Å². The molecule has 1 aromatic rings. The molecule has 0 aliphatic carbocycles. The van der Waals surface area contributed by atoms with Crippen molar-refractivity contribution in [2.75, 3.05) is 0 Å². The molecule has 0 fully saturated rings. The monoisotopic (exact) mass is 243 g/mol. The van der Waals surface area contributed by atoms with E-state index in [4.69, 9.17) is 5.73 Å². The summed E-state index contributed by atoms with van der Waals surface area (Å²) in [5.74, 6) is -0.211. The van der Waals surface area contributed by atoms with Crippen molar-refractivity contribution in [3.8, 4) is 0 Å². The Kier molecular flexibility index (Phi) is 7.30. The molecule has 1 rings (SSSR count). The van der Waals surface area contributed by atoms with Crippen LogP contribution in [0.25, 0.3) is 0 Å². The Morgan fingerprint density at radius 1 is 1.38 bits per heavy atom. The van der Waals surface area contributed by atoms with E-state index in [1.165, 1.54) is 0 Å². The largest absolute Gasteiger partial charge is 0.370 e. The molecule has 0 spiro atoms. The molecular weight excluding hydrogens is 230 g/mol. The fraction of sp³-hybridized carbons (Fsp3) is 0.300. The van der Waals surface area contributed by atoms with Crippen molar-refractivity contribution in [3.05, 3.63) is 34.8 Å². The van der Waals surface area contributed by atoms with Crippen molar-refractivity contribution in [2.24, 2.45) is 5.73 Å². The molecule has 0 bridgehead atoms. The van der Waals surface area contributed by atoms with Crippen molar-refractivity contribution in [2.45, 2.75) is 19.8 Å². The van der Waals surface area contributed by atoms with Crippen LogP contribution in [-0.2, 0) is 4.79 Å². The molecule has 0 aliphatic heterocycles. The van der Waals surface area contributed by atoms with Gasteiger partial charge in [0.2, 0.25) is 5.91 Å². The smallest absolute Gasteiger partial charge is 0.217 e. The molecule has 0 atom stereocenters. The van der Waals surface area contributed by atoms with Crippen LogP contribution in [0, 0.1) is 0 Å². The van der Waals surface area contributed by atoms with E-state index in [1.807, 2.05) is 37.3 Å². The molecule has 0 heterocycles. The molecular formula is C10H14BrNO. The summed E-state index contributed by atoms with van der Waals surface area (Å²) in [5.41, 5.74) is 4.76. The Morgan fingerprint density at radius 2 is 1.92 bits per heavy atom. The molecule has 1 amide bonds. The molecule has 2 nitrogen and oxygen atoms in total. The second kappa shape index (κ2) is 7.80. The summed E-state index contributed by atoms with van der Waals surface area (Å²) in [6, 6.07) is 9.97. The lowest BCUT2D eigenvalue weighted by atomic mass is 10.3. The number of nitrogens with two attached hydrogens (primary N) is 1. The molecule has 0 saturated heterocycles.